The van der Waals surface area contributed by atoms with Crippen LogP contribution in [0.2, 0.25) is 0 Å². The highest BCUT2D eigenvalue weighted by molar-refractivity contribution is 7.99. The van der Waals surface area contributed by atoms with Crippen molar-refractivity contribution in [1.29, 1.82) is 0 Å². The highest BCUT2D eigenvalue weighted by atomic mass is 32.2. The first kappa shape index (κ1) is 29.4. The summed E-state index contributed by atoms with van der Waals surface area (Å²) in [6, 6.07) is 51.2. The molecule has 216 valence electrons. The summed E-state index contributed by atoms with van der Waals surface area (Å²) in [6.07, 6.45) is 8.57. The molecule has 0 bridgehead atoms. The van der Waals surface area contributed by atoms with Crippen LogP contribution in [0.1, 0.15) is 11.1 Å². The van der Waals surface area contributed by atoms with Crippen LogP contribution in [0.25, 0.3) is 34.4 Å². The average Bonchev–Trinajstić information content (AvgIpc) is 3.09. The molecule has 0 radical (unpaired) electrons. The fraction of sp³-hybridized carbons (Fsp3) is 0.0500. The van der Waals surface area contributed by atoms with Crippen LogP contribution in [-0.4, -0.2) is 12.5 Å². The minimum atomic E-state index is 1.06. The van der Waals surface area contributed by atoms with Gasteiger partial charge in [-0.15, -0.1) is 23.5 Å². The van der Waals surface area contributed by atoms with E-state index >= 15 is 0 Å². The maximum atomic E-state index is 3.65. The molecule has 0 amide bonds. The van der Waals surface area contributed by atoms with Crippen molar-refractivity contribution in [2.24, 2.45) is 0 Å². The van der Waals surface area contributed by atoms with Gasteiger partial charge >= 0.3 is 0 Å². The largest absolute Gasteiger partial charge is 0.355 e. The van der Waals surface area contributed by atoms with Gasteiger partial charge in [0.15, 0.2) is 0 Å². The molecule has 2 N–H and O–H groups in total. The summed E-state index contributed by atoms with van der Waals surface area (Å²) in [4.78, 5) is 2.51. The molecule has 2 nitrogen and oxygen atoms in total. The monoisotopic (exact) mass is 606 g/mol. The van der Waals surface area contributed by atoms with E-state index in [0.717, 1.165) is 33.9 Å². The topological polar surface area (TPSA) is 24.1 Å². The van der Waals surface area contributed by atoms with Gasteiger partial charge in [-0.2, -0.15) is 0 Å². The van der Waals surface area contributed by atoms with E-state index < -0.39 is 0 Å². The fourth-order valence-corrected chi connectivity index (χ4v) is 6.57. The molecule has 6 rings (SSSR count). The van der Waals surface area contributed by atoms with Gasteiger partial charge in [-0.05, 0) is 83.3 Å². The molecule has 4 heteroatoms. The normalized spacial score (nSPS) is 11.0. The summed E-state index contributed by atoms with van der Waals surface area (Å²) >= 11 is 3.54. The summed E-state index contributed by atoms with van der Waals surface area (Å²) in [7, 11) is 0. The number of benzene rings is 6. The van der Waals surface area contributed by atoms with Gasteiger partial charge < -0.3 is 10.6 Å². The molecule has 0 aliphatic rings. The second-order valence-electron chi connectivity index (χ2n) is 10.3. The van der Waals surface area contributed by atoms with E-state index in [1.165, 1.54) is 32.0 Å². The van der Waals surface area contributed by atoms with Crippen molar-refractivity contribution >= 4 is 58.4 Å². The molecular weight excluding hydrogens is 573 g/mol. The molecule has 44 heavy (non-hydrogen) atoms. The molecular formula is C40H34N2S2. The highest BCUT2D eigenvalue weighted by Crippen LogP contribution is 2.39. The second kappa shape index (κ2) is 14.2. The molecule has 0 fully saturated rings. The summed E-state index contributed by atoms with van der Waals surface area (Å²) in [5.74, 6) is 0. The van der Waals surface area contributed by atoms with Crippen molar-refractivity contribution in [2.75, 3.05) is 23.1 Å². The molecule has 0 spiro atoms. The smallest absolute Gasteiger partial charge is 0.0475 e. The van der Waals surface area contributed by atoms with Crippen LogP contribution >= 0.6 is 23.5 Å². The lowest BCUT2D eigenvalue weighted by atomic mass is 10.0. The van der Waals surface area contributed by atoms with Gasteiger partial charge in [0.2, 0.25) is 0 Å². The Morgan fingerprint density at radius 3 is 1.16 bits per heavy atom. The van der Waals surface area contributed by atoms with E-state index in [1.54, 1.807) is 23.5 Å². The van der Waals surface area contributed by atoms with Gasteiger partial charge in [-0.25, -0.2) is 0 Å². The van der Waals surface area contributed by atoms with Crippen LogP contribution in [0, 0.1) is 0 Å². The Balaban J connectivity index is 1.14. The third-order valence-electron chi connectivity index (χ3n) is 7.46. The van der Waals surface area contributed by atoms with Gasteiger partial charge in [-0.3, -0.25) is 0 Å². The number of rotatable bonds is 10. The lowest BCUT2D eigenvalue weighted by molar-refractivity contribution is 1.42. The Kier molecular flexibility index (Phi) is 9.51. The third kappa shape index (κ3) is 6.94. The quantitative estimate of drug-likeness (QED) is 0.120. The zero-order valence-corrected chi connectivity index (χ0v) is 26.5. The van der Waals surface area contributed by atoms with Gasteiger partial charge in [0, 0.05) is 43.7 Å². The SMILES string of the molecule is CSc1cccc(Nc2ccc(/C=C/c3ccc(Nc4cccc(SC)c4-c4ccccc4)cc3)cc2)c1-c1ccccc1. The maximum Gasteiger partial charge on any atom is 0.0475 e. The summed E-state index contributed by atoms with van der Waals surface area (Å²) < 4.78 is 0. The Hall–Kier alpha value is -4.64. The zero-order valence-electron chi connectivity index (χ0n) is 24.8. The molecule has 6 aromatic carbocycles. The molecule has 0 atom stereocenters. The van der Waals surface area contributed by atoms with E-state index in [0.29, 0.717) is 0 Å². The van der Waals surface area contributed by atoms with Crippen molar-refractivity contribution in [3.8, 4) is 22.3 Å². The van der Waals surface area contributed by atoms with Gasteiger partial charge in [0.05, 0.1) is 0 Å². The number of hydrogen-bond donors (Lipinski definition) is 2. The minimum absolute atomic E-state index is 1.06. The zero-order chi connectivity index (χ0) is 30.1. The summed E-state index contributed by atoms with van der Waals surface area (Å²) in [6.45, 7) is 0. The number of hydrogen-bond acceptors (Lipinski definition) is 4. The Morgan fingerprint density at radius 1 is 0.409 bits per heavy atom. The molecule has 0 aliphatic heterocycles. The van der Waals surface area contributed by atoms with Gasteiger partial charge in [0.25, 0.3) is 0 Å². The van der Waals surface area contributed by atoms with E-state index in [9.17, 15) is 0 Å². The van der Waals surface area contributed by atoms with Crippen molar-refractivity contribution in [1.82, 2.24) is 0 Å². The van der Waals surface area contributed by atoms with E-state index in [2.05, 4.69) is 181 Å². The average molecular weight is 607 g/mol. The standard InChI is InChI=1S/C40H34N2S2/c1-43-37-17-9-15-35(39(37)31-11-5-3-6-12-31)41-33-25-21-29(22-26-33)19-20-30-23-27-34(28-24-30)42-36-16-10-18-38(44-2)40(36)32-13-7-4-8-14-32/h3-28,41-42H,1-2H3/b20-19+. The lowest BCUT2D eigenvalue weighted by Crippen LogP contribution is -1.95. The minimum Gasteiger partial charge on any atom is -0.355 e. The Labute approximate surface area is 269 Å². The Bertz CT molecular complexity index is 1710. The van der Waals surface area contributed by atoms with Crippen LogP contribution in [-0.2, 0) is 0 Å². The van der Waals surface area contributed by atoms with Crippen molar-refractivity contribution in [2.45, 2.75) is 9.79 Å². The van der Waals surface area contributed by atoms with E-state index in [1.807, 2.05) is 0 Å². The molecule has 0 aromatic heterocycles. The number of nitrogens with one attached hydrogen (secondary N) is 2. The van der Waals surface area contributed by atoms with Crippen LogP contribution in [0.5, 0.6) is 0 Å². The van der Waals surface area contributed by atoms with E-state index in [-0.39, 0.29) is 0 Å². The van der Waals surface area contributed by atoms with Crippen LogP contribution < -0.4 is 10.6 Å². The van der Waals surface area contributed by atoms with E-state index in [4.69, 9.17) is 0 Å². The second-order valence-corrected chi connectivity index (χ2v) is 12.0. The highest BCUT2D eigenvalue weighted by Gasteiger charge is 2.12. The lowest BCUT2D eigenvalue weighted by Gasteiger charge is -2.16. The van der Waals surface area contributed by atoms with Gasteiger partial charge in [-0.1, -0.05) is 109 Å². The van der Waals surface area contributed by atoms with Crippen molar-refractivity contribution < 1.29 is 0 Å². The van der Waals surface area contributed by atoms with Crippen LogP contribution in [0.3, 0.4) is 0 Å². The van der Waals surface area contributed by atoms with Crippen molar-refractivity contribution in [3.05, 3.63) is 157 Å². The first-order valence-electron chi connectivity index (χ1n) is 14.6. The molecule has 0 saturated heterocycles. The summed E-state index contributed by atoms with van der Waals surface area (Å²) in [5, 5.41) is 7.30. The number of anilines is 4. The van der Waals surface area contributed by atoms with Gasteiger partial charge in [0.1, 0.15) is 0 Å². The molecule has 0 unspecified atom stereocenters. The number of thioether (sulfide) groups is 2. The molecule has 0 aliphatic carbocycles. The predicted molar refractivity (Wildman–Crippen MR) is 196 cm³/mol. The van der Waals surface area contributed by atoms with Crippen LogP contribution in [0.4, 0.5) is 22.7 Å². The predicted octanol–water partition coefficient (Wildman–Crippen LogP) is 12.1. The first-order valence-corrected chi connectivity index (χ1v) is 17.0. The molecule has 6 aromatic rings. The summed E-state index contributed by atoms with van der Waals surface area (Å²) in [5.41, 5.74) is 11.5. The third-order valence-corrected chi connectivity index (χ3v) is 9.02. The fourth-order valence-electron chi connectivity index (χ4n) is 5.27. The van der Waals surface area contributed by atoms with Crippen LogP contribution in [0.15, 0.2) is 155 Å². The molecule has 0 heterocycles. The maximum absolute atomic E-state index is 3.65. The first-order chi connectivity index (χ1) is 21.7. The molecule has 0 saturated carbocycles. The van der Waals surface area contributed by atoms with Crippen molar-refractivity contribution in [3.63, 3.8) is 0 Å². The Morgan fingerprint density at radius 2 is 0.795 bits per heavy atom.